The van der Waals surface area contributed by atoms with Crippen LogP contribution in [0.3, 0.4) is 0 Å². The molecule has 0 heterocycles. The molecule has 1 atom stereocenters. The molecule has 1 aromatic carbocycles. The van der Waals surface area contributed by atoms with Gasteiger partial charge in [-0.1, -0.05) is 12.1 Å². The van der Waals surface area contributed by atoms with Gasteiger partial charge in [0.15, 0.2) is 0 Å². The van der Waals surface area contributed by atoms with Crippen LogP contribution in [0.2, 0.25) is 0 Å². The number of rotatable bonds is 7. The van der Waals surface area contributed by atoms with Crippen molar-refractivity contribution in [3.8, 4) is 5.75 Å². The average Bonchev–Trinajstić information content (AvgIpc) is 2.46. The van der Waals surface area contributed by atoms with Crippen molar-refractivity contribution in [3.05, 3.63) is 29.8 Å². The predicted octanol–water partition coefficient (Wildman–Crippen LogP) is 1.15. The Balaban J connectivity index is 2.61. The molecular formula is C14H22N2O4S. The Morgan fingerprint density at radius 1 is 1.33 bits per heavy atom. The number of hydrogen-bond acceptors (Lipinski definition) is 4. The quantitative estimate of drug-likeness (QED) is 0.819. The highest BCUT2D eigenvalue weighted by atomic mass is 32.2. The standard InChI is InChI=1S/C14H22N2O4S/c1-5-21(18,19)16(3)10-14(17)15-11(2)12-6-8-13(20-4)9-7-12/h6-9,11H,5,10H2,1-4H3,(H,15,17). The maximum absolute atomic E-state index is 11.9. The molecule has 1 N–H and O–H groups in total. The van der Waals surface area contributed by atoms with E-state index in [9.17, 15) is 13.2 Å². The summed E-state index contributed by atoms with van der Waals surface area (Å²) in [4.78, 5) is 11.9. The minimum Gasteiger partial charge on any atom is -0.497 e. The van der Waals surface area contributed by atoms with E-state index in [4.69, 9.17) is 4.74 Å². The lowest BCUT2D eigenvalue weighted by Gasteiger charge is -2.19. The van der Waals surface area contributed by atoms with Gasteiger partial charge in [-0.15, -0.1) is 0 Å². The fourth-order valence-electron chi connectivity index (χ4n) is 1.78. The van der Waals surface area contributed by atoms with Gasteiger partial charge in [-0.05, 0) is 31.5 Å². The highest BCUT2D eigenvalue weighted by Crippen LogP contribution is 2.17. The lowest BCUT2D eigenvalue weighted by molar-refractivity contribution is -0.121. The first-order chi connectivity index (χ1) is 9.80. The SMILES string of the molecule is CCS(=O)(=O)N(C)CC(=O)NC(C)c1ccc(OC)cc1. The van der Waals surface area contributed by atoms with E-state index >= 15 is 0 Å². The van der Waals surface area contributed by atoms with Crippen molar-refractivity contribution in [1.29, 1.82) is 0 Å². The maximum Gasteiger partial charge on any atom is 0.235 e. The van der Waals surface area contributed by atoms with E-state index in [1.54, 1.807) is 14.0 Å². The summed E-state index contributed by atoms with van der Waals surface area (Å²) in [6.45, 7) is 3.20. The van der Waals surface area contributed by atoms with Crippen molar-refractivity contribution < 1.29 is 17.9 Å². The predicted molar refractivity (Wildman–Crippen MR) is 81.6 cm³/mol. The number of sulfonamides is 1. The summed E-state index contributed by atoms with van der Waals surface area (Å²) in [5.41, 5.74) is 0.921. The number of methoxy groups -OCH3 is 1. The molecule has 0 saturated carbocycles. The van der Waals surface area contributed by atoms with Crippen molar-refractivity contribution in [2.24, 2.45) is 0 Å². The molecule has 1 aromatic rings. The molecule has 0 bridgehead atoms. The highest BCUT2D eigenvalue weighted by molar-refractivity contribution is 7.89. The second kappa shape index (κ2) is 7.42. The van der Waals surface area contributed by atoms with Gasteiger partial charge < -0.3 is 10.1 Å². The molecule has 0 aliphatic carbocycles. The summed E-state index contributed by atoms with van der Waals surface area (Å²) in [6.07, 6.45) is 0. The molecule has 0 aromatic heterocycles. The number of benzene rings is 1. The third-order valence-corrected chi connectivity index (χ3v) is 5.01. The summed E-state index contributed by atoms with van der Waals surface area (Å²) in [6, 6.07) is 7.13. The molecule has 0 spiro atoms. The van der Waals surface area contributed by atoms with Crippen molar-refractivity contribution in [3.63, 3.8) is 0 Å². The number of carbonyl (C=O) groups is 1. The van der Waals surface area contributed by atoms with E-state index in [1.165, 1.54) is 7.05 Å². The Morgan fingerprint density at radius 3 is 2.38 bits per heavy atom. The number of nitrogens with one attached hydrogen (secondary N) is 1. The third kappa shape index (κ3) is 5.02. The maximum atomic E-state index is 11.9. The molecule has 0 aliphatic heterocycles. The fourth-order valence-corrected chi connectivity index (χ4v) is 2.54. The first kappa shape index (κ1) is 17.5. The van der Waals surface area contributed by atoms with Crippen LogP contribution >= 0.6 is 0 Å². The van der Waals surface area contributed by atoms with E-state index in [-0.39, 0.29) is 24.2 Å². The molecule has 0 aliphatic rings. The van der Waals surface area contributed by atoms with Gasteiger partial charge in [-0.3, -0.25) is 4.79 Å². The first-order valence-electron chi connectivity index (χ1n) is 6.67. The lowest BCUT2D eigenvalue weighted by Crippen LogP contribution is -2.39. The molecule has 0 saturated heterocycles. The minimum atomic E-state index is -3.35. The Labute approximate surface area is 126 Å². The Hall–Kier alpha value is -1.60. The second-order valence-electron chi connectivity index (χ2n) is 4.72. The molecule has 1 rings (SSSR count). The van der Waals surface area contributed by atoms with Crippen molar-refractivity contribution in [1.82, 2.24) is 9.62 Å². The molecule has 21 heavy (non-hydrogen) atoms. The zero-order chi connectivity index (χ0) is 16.0. The van der Waals surface area contributed by atoms with Gasteiger partial charge in [0.05, 0.1) is 25.4 Å². The van der Waals surface area contributed by atoms with Gasteiger partial charge in [0.2, 0.25) is 15.9 Å². The van der Waals surface area contributed by atoms with Crippen LogP contribution in [0.25, 0.3) is 0 Å². The van der Waals surface area contributed by atoms with Crippen LogP contribution in [0.5, 0.6) is 5.75 Å². The van der Waals surface area contributed by atoms with Gasteiger partial charge >= 0.3 is 0 Å². The van der Waals surface area contributed by atoms with Crippen molar-refractivity contribution in [2.45, 2.75) is 19.9 Å². The molecule has 6 nitrogen and oxygen atoms in total. The van der Waals surface area contributed by atoms with Crippen LogP contribution in [-0.2, 0) is 14.8 Å². The largest absolute Gasteiger partial charge is 0.497 e. The fraction of sp³-hybridized carbons (Fsp3) is 0.500. The average molecular weight is 314 g/mol. The van der Waals surface area contributed by atoms with E-state index in [2.05, 4.69) is 5.32 Å². The van der Waals surface area contributed by atoms with Crippen LogP contribution < -0.4 is 10.1 Å². The summed E-state index contributed by atoms with van der Waals surface area (Å²) < 4.78 is 29.3. The number of ether oxygens (including phenoxy) is 1. The summed E-state index contributed by atoms with van der Waals surface area (Å²) in [5, 5.41) is 2.77. The second-order valence-corrected chi connectivity index (χ2v) is 7.08. The monoisotopic (exact) mass is 314 g/mol. The Morgan fingerprint density at radius 2 is 1.90 bits per heavy atom. The minimum absolute atomic E-state index is 0.0230. The van der Waals surface area contributed by atoms with E-state index in [1.807, 2.05) is 31.2 Å². The van der Waals surface area contributed by atoms with Gasteiger partial charge in [0.25, 0.3) is 0 Å². The molecular weight excluding hydrogens is 292 g/mol. The van der Waals surface area contributed by atoms with Gasteiger partial charge in [0.1, 0.15) is 5.75 Å². The van der Waals surface area contributed by atoms with Crippen LogP contribution in [-0.4, -0.2) is 45.1 Å². The van der Waals surface area contributed by atoms with Crippen LogP contribution in [0, 0.1) is 0 Å². The van der Waals surface area contributed by atoms with Crippen LogP contribution in [0.4, 0.5) is 0 Å². The number of hydrogen-bond donors (Lipinski definition) is 1. The zero-order valence-electron chi connectivity index (χ0n) is 12.8. The van der Waals surface area contributed by atoms with E-state index in [0.717, 1.165) is 15.6 Å². The summed E-state index contributed by atoms with van der Waals surface area (Å²) >= 11 is 0. The number of nitrogens with zero attached hydrogens (tertiary/aromatic N) is 1. The highest BCUT2D eigenvalue weighted by Gasteiger charge is 2.19. The Bertz CT molecular complexity index is 569. The first-order valence-corrected chi connectivity index (χ1v) is 8.28. The number of carbonyl (C=O) groups excluding carboxylic acids is 1. The number of amides is 1. The van der Waals surface area contributed by atoms with Crippen molar-refractivity contribution >= 4 is 15.9 Å². The summed E-state index contributed by atoms with van der Waals surface area (Å²) in [7, 11) is -0.360. The molecule has 118 valence electrons. The van der Waals surface area contributed by atoms with E-state index < -0.39 is 10.0 Å². The molecule has 7 heteroatoms. The lowest BCUT2D eigenvalue weighted by atomic mass is 10.1. The molecule has 0 fully saturated rings. The zero-order valence-corrected chi connectivity index (χ0v) is 13.6. The van der Waals surface area contributed by atoms with Gasteiger partial charge in [0, 0.05) is 7.05 Å². The molecule has 1 amide bonds. The third-order valence-electron chi connectivity index (χ3n) is 3.20. The molecule has 1 unspecified atom stereocenters. The van der Waals surface area contributed by atoms with Crippen molar-refractivity contribution in [2.75, 3.05) is 26.5 Å². The van der Waals surface area contributed by atoms with Gasteiger partial charge in [-0.25, -0.2) is 8.42 Å². The van der Waals surface area contributed by atoms with Gasteiger partial charge in [-0.2, -0.15) is 4.31 Å². The molecule has 0 radical (unpaired) electrons. The number of likely N-dealkylation sites (N-methyl/N-ethyl adjacent to an activating group) is 1. The van der Waals surface area contributed by atoms with Crippen LogP contribution in [0.15, 0.2) is 24.3 Å². The van der Waals surface area contributed by atoms with E-state index in [0.29, 0.717) is 0 Å². The smallest absolute Gasteiger partial charge is 0.235 e. The van der Waals surface area contributed by atoms with Crippen LogP contribution in [0.1, 0.15) is 25.5 Å². The summed E-state index contributed by atoms with van der Waals surface area (Å²) in [5.74, 6) is 0.383. The normalized spacial score (nSPS) is 13.0. The topological polar surface area (TPSA) is 75.7 Å². The Kier molecular flexibility index (Phi) is 6.17.